The van der Waals surface area contributed by atoms with Gasteiger partial charge in [0, 0.05) is 5.41 Å². The van der Waals surface area contributed by atoms with E-state index in [1.165, 1.54) is 25.7 Å². The molecule has 0 aliphatic carbocycles. The highest BCUT2D eigenvalue weighted by Crippen LogP contribution is 2.15. The topological polar surface area (TPSA) is 17.1 Å². The number of carbonyl (C=O) groups is 1. The van der Waals surface area contributed by atoms with E-state index < -0.39 is 0 Å². The first-order valence-electron chi connectivity index (χ1n) is 5.69. The van der Waals surface area contributed by atoms with Gasteiger partial charge in [0.05, 0.1) is 0 Å². The third kappa shape index (κ3) is 6.88. The zero-order valence-corrected chi connectivity index (χ0v) is 10.1. The van der Waals surface area contributed by atoms with E-state index in [1.807, 2.05) is 26.8 Å². The number of hydrogen-bond donors (Lipinski definition) is 0. The van der Waals surface area contributed by atoms with Gasteiger partial charge in [0.15, 0.2) is 5.78 Å². The first-order chi connectivity index (χ1) is 6.48. The average Bonchev–Trinajstić information content (AvgIpc) is 2.09. The van der Waals surface area contributed by atoms with Crippen LogP contribution in [0.3, 0.4) is 0 Å². The molecule has 0 amide bonds. The molecular weight excluding hydrogens is 172 g/mol. The van der Waals surface area contributed by atoms with Crippen LogP contribution in [0.5, 0.6) is 0 Å². The van der Waals surface area contributed by atoms with Gasteiger partial charge in [0.25, 0.3) is 0 Å². The van der Waals surface area contributed by atoms with E-state index in [0.717, 1.165) is 6.42 Å². The standard InChI is InChI=1S/C13H24O/c1-5-6-7-8-9-10-11-12(14)13(2,3)4/h10-11H,5-9H2,1-4H3. The Labute approximate surface area is 88.6 Å². The Hall–Kier alpha value is -0.590. The fraction of sp³-hybridized carbons (Fsp3) is 0.769. The molecule has 0 N–H and O–H groups in total. The van der Waals surface area contributed by atoms with Crippen molar-refractivity contribution >= 4 is 5.78 Å². The second kappa shape index (κ2) is 6.80. The van der Waals surface area contributed by atoms with Gasteiger partial charge in [0.2, 0.25) is 0 Å². The molecule has 0 radical (unpaired) electrons. The number of unbranched alkanes of at least 4 members (excludes halogenated alkanes) is 4. The van der Waals surface area contributed by atoms with Crippen molar-refractivity contribution in [2.24, 2.45) is 5.41 Å². The van der Waals surface area contributed by atoms with Gasteiger partial charge in [-0.3, -0.25) is 4.79 Å². The maximum Gasteiger partial charge on any atom is 0.160 e. The molecule has 0 fully saturated rings. The summed E-state index contributed by atoms with van der Waals surface area (Å²) in [5, 5.41) is 0. The molecule has 0 atom stereocenters. The van der Waals surface area contributed by atoms with Crippen molar-refractivity contribution in [1.29, 1.82) is 0 Å². The van der Waals surface area contributed by atoms with Crippen LogP contribution in [0.15, 0.2) is 12.2 Å². The van der Waals surface area contributed by atoms with E-state index >= 15 is 0 Å². The molecule has 0 rings (SSSR count). The van der Waals surface area contributed by atoms with Gasteiger partial charge in [0.1, 0.15) is 0 Å². The van der Waals surface area contributed by atoms with Crippen LogP contribution in [0.25, 0.3) is 0 Å². The maximum absolute atomic E-state index is 11.5. The minimum atomic E-state index is -0.222. The lowest BCUT2D eigenvalue weighted by atomic mass is 9.90. The minimum Gasteiger partial charge on any atom is -0.294 e. The lowest BCUT2D eigenvalue weighted by Crippen LogP contribution is -2.17. The Morgan fingerprint density at radius 1 is 1.14 bits per heavy atom. The molecule has 0 aliphatic rings. The third-order valence-electron chi connectivity index (χ3n) is 2.23. The highest BCUT2D eigenvalue weighted by molar-refractivity contribution is 5.93. The lowest BCUT2D eigenvalue weighted by Gasteiger charge is -2.12. The molecule has 0 saturated heterocycles. The van der Waals surface area contributed by atoms with E-state index in [0.29, 0.717) is 0 Å². The number of ketones is 1. The molecule has 0 bridgehead atoms. The summed E-state index contributed by atoms with van der Waals surface area (Å²) < 4.78 is 0. The van der Waals surface area contributed by atoms with Gasteiger partial charge in [-0.05, 0) is 18.9 Å². The van der Waals surface area contributed by atoms with Crippen LogP contribution in [-0.4, -0.2) is 5.78 Å². The Kier molecular flexibility index (Phi) is 6.52. The molecule has 0 unspecified atom stereocenters. The number of hydrogen-bond acceptors (Lipinski definition) is 1. The van der Waals surface area contributed by atoms with Crippen LogP contribution in [-0.2, 0) is 4.79 Å². The van der Waals surface area contributed by atoms with Crippen molar-refractivity contribution in [3.05, 3.63) is 12.2 Å². The van der Waals surface area contributed by atoms with Crippen LogP contribution < -0.4 is 0 Å². The van der Waals surface area contributed by atoms with Gasteiger partial charge in [-0.25, -0.2) is 0 Å². The Morgan fingerprint density at radius 3 is 2.29 bits per heavy atom. The summed E-state index contributed by atoms with van der Waals surface area (Å²) in [7, 11) is 0. The quantitative estimate of drug-likeness (QED) is 0.461. The maximum atomic E-state index is 11.5. The number of allylic oxidation sites excluding steroid dienone is 2. The van der Waals surface area contributed by atoms with E-state index in [1.54, 1.807) is 6.08 Å². The second-order valence-corrected chi connectivity index (χ2v) is 4.87. The predicted octanol–water partition coefficient (Wildman–Crippen LogP) is 4.13. The lowest BCUT2D eigenvalue weighted by molar-refractivity contribution is -0.121. The minimum absolute atomic E-state index is 0.222. The molecule has 0 heterocycles. The summed E-state index contributed by atoms with van der Waals surface area (Å²) in [6.07, 6.45) is 9.87. The van der Waals surface area contributed by atoms with Gasteiger partial charge in [-0.2, -0.15) is 0 Å². The first-order valence-corrected chi connectivity index (χ1v) is 5.69. The largest absolute Gasteiger partial charge is 0.294 e. The molecule has 0 saturated carbocycles. The average molecular weight is 196 g/mol. The molecule has 0 aromatic carbocycles. The van der Waals surface area contributed by atoms with E-state index in [2.05, 4.69) is 6.92 Å². The highest BCUT2D eigenvalue weighted by atomic mass is 16.1. The summed E-state index contributed by atoms with van der Waals surface area (Å²) in [6, 6.07) is 0. The van der Waals surface area contributed by atoms with Crippen LogP contribution in [0, 0.1) is 5.41 Å². The Morgan fingerprint density at radius 2 is 1.79 bits per heavy atom. The second-order valence-electron chi connectivity index (χ2n) is 4.87. The predicted molar refractivity (Wildman–Crippen MR) is 62.4 cm³/mol. The monoisotopic (exact) mass is 196 g/mol. The van der Waals surface area contributed by atoms with Crippen molar-refractivity contribution in [3.63, 3.8) is 0 Å². The highest BCUT2D eigenvalue weighted by Gasteiger charge is 2.17. The summed E-state index contributed by atoms with van der Waals surface area (Å²) in [6.45, 7) is 8.07. The number of carbonyl (C=O) groups excluding carboxylic acids is 1. The Bertz CT molecular complexity index is 184. The normalized spacial score (nSPS) is 12.3. The van der Waals surface area contributed by atoms with Crippen LogP contribution in [0.1, 0.15) is 59.8 Å². The van der Waals surface area contributed by atoms with Crippen molar-refractivity contribution < 1.29 is 4.79 Å². The van der Waals surface area contributed by atoms with Gasteiger partial charge in [-0.15, -0.1) is 0 Å². The van der Waals surface area contributed by atoms with Crippen molar-refractivity contribution in [2.45, 2.75) is 59.8 Å². The van der Waals surface area contributed by atoms with Crippen molar-refractivity contribution in [1.82, 2.24) is 0 Å². The zero-order valence-electron chi connectivity index (χ0n) is 10.1. The SMILES string of the molecule is CCCCCCC=CC(=O)C(C)(C)C. The summed E-state index contributed by atoms with van der Waals surface area (Å²) in [4.78, 5) is 11.5. The van der Waals surface area contributed by atoms with Crippen LogP contribution >= 0.6 is 0 Å². The summed E-state index contributed by atoms with van der Waals surface area (Å²) in [5.74, 6) is 0.230. The molecule has 0 aromatic heterocycles. The van der Waals surface area contributed by atoms with Gasteiger partial charge >= 0.3 is 0 Å². The van der Waals surface area contributed by atoms with Gasteiger partial charge < -0.3 is 0 Å². The molecule has 0 spiro atoms. The fourth-order valence-electron chi connectivity index (χ4n) is 1.13. The molecule has 0 aliphatic heterocycles. The molecule has 0 aromatic rings. The molecule has 1 nitrogen and oxygen atoms in total. The van der Waals surface area contributed by atoms with E-state index in [9.17, 15) is 4.79 Å². The van der Waals surface area contributed by atoms with E-state index in [-0.39, 0.29) is 11.2 Å². The van der Waals surface area contributed by atoms with Crippen LogP contribution in [0.4, 0.5) is 0 Å². The number of rotatable bonds is 6. The molecule has 82 valence electrons. The molecule has 14 heavy (non-hydrogen) atoms. The first kappa shape index (κ1) is 13.4. The van der Waals surface area contributed by atoms with E-state index in [4.69, 9.17) is 0 Å². The summed E-state index contributed by atoms with van der Waals surface area (Å²) in [5.41, 5.74) is -0.222. The van der Waals surface area contributed by atoms with Gasteiger partial charge in [-0.1, -0.05) is 53.0 Å². The van der Waals surface area contributed by atoms with Crippen LogP contribution in [0.2, 0.25) is 0 Å². The summed E-state index contributed by atoms with van der Waals surface area (Å²) >= 11 is 0. The smallest absolute Gasteiger partial charge is 0.160 e. The molecular formula is C13H24O. The fourth-order valence-corrected chi connectivity index (χ4v) is 1.13. The third-order valence-corrected chi connectivity index (χ3v) is 2.23. The molecule has 1 heteroatoms. The zero-order chi connectivity index (χ0) is 11.0. The Balaban J connectivity index is 3.58. The van der Waals surface area contributed by atoms with Crippen molar-refractivity contribution in [2.75, 3.05) is 0 Å². The van der Waals surface area contributed by atoms with Crippen molar-refractivity contribution in [3.8, 4) is 0 Å².